The summed E-state index contributed by atoms with van der Waals surface area (Å²) in [5, 5.41) is 7.80. The number of aromatic nitrogens is 5. The molecule has 2 unspecified atom stereocenters. The van der Waals surface area contributed by atoms with Gasteiger partial charge in [-0.2, -0.15) is 0 Å². The minimum absolute atomic E-state index is 0.00279. The second-order valence-corrected chi connectivity index (χ2v) is 9.56. The minimum Gasteiger partial charge on any atom is -0.354 e. The average molecular weight is 502 g/mol. The van der Waals surface area contributed by atoms with Crippen LogP contribution in [0.4, 0.5) is 10.1 Å². The molecule has 6 rings (SSSR count). The Morgan fingerprint density at radius 3 is 2.78 bits per heavy atom. The average Bonchev–Trinajstić information content (AvgIpc) is 3.72. The van der Waals surface area contributed by atoms with E-state index in [-0.39, 0.29) is 23.9 Å². The molecule has 2 aliphatic rings. The van der Waals surface area contributed by atoms with Crippen molar-refractivity contribution in [3.05, 3.63) is 72.7 Å². The molecule has 0 radical (unpaired) electrons. The molecule has 2 fully saturated rings. The second-order valence-electron chi connectivity index (χ2n) is 9.56. The van der Waals surface area contributed by atoms with Crippen molar-refractivity contribution in [2.24, 2.45) is 0 Å². The number of anilines is 1. The van der Waals surface area contributed by atoms with Crippen LogP contribution in [0.5, 0.6) is 0 Å². The number of nitrogens with zero attached hydrogens (tertiary/aromatic N) is 6. The molecule has 0 aliphatic carbocycles. The zero-order chi connectivity index (χ0) is 25.4. The molecule has 0 spiro atoms. The first-order chi connectivity index (χ1) is 18.0. The van der Waals surface area contributed by atoms with Gasteiger partial charge in [-0.3, -0.25) is 4.79 Å². The third-order valence-corrected chi connectivity index (χ3v) is 7.15. The molecule has 2 aliphatic heterocycles. The highest BCUT2D eigenvalue weighted by molar-refractivity contribution is 5.74. The Morgan fingerprint density at radius 1 is 1.19 bits per heavy atom. The molecule has 1 amide bonds. The number of hydrogen-bond donors (Lipinski definition) is 1. The van der Waals surface area contributed by atoms with E-state index < -0.39 is 0 Å². The number of carbonyl (C=O) groups is 1. The van der Waals surface area contributed by atoms with Gasteiger partial charge in [-0.05, 0) is 42.2 Å². The van der Waals surface area contributed by atoms with Gasteiger partial charge in [-0.15, -0.1) is 5.10 Å². The Morgan fingerprint density at radius 2 is 2.03 bits per heavy atom. The van der Waals surface area contributed by atoms with Gasteiger partial charge >= 0.3 is 0 Å². The van der Waals surface area contributed by atoms with Crippen molar-refractivity contribution in [1.29, 1.82) is 0 Å². The van der Waals surface area contributed by atoms with E-state index in [9.17, 15) is 4.79 Å². The maximum Gasteiger partial charge on any atom is 0.220 e. The van der Waals surface area contributed by atoms with Gasteiger partial charge in [0, 0.05) is 37.5 Å². The van der Waals surface area contributed by atoms with Crippen molar-refractivity contribution in [3.8, 4) is 22.4 Å². The molecule has 2 aromatic carbocycles. The molecule has 2 aromatic heterocycles. The Hall–Kier alpha value is -4.05. The number of rotatable bonds is 6. The summed E-state index contributed by atoms with van der Waals surface area (Å²) in [6.07, 6.45) is 7.10. The minimum atomic E-state index is -0.278. The van der Waals surface area contributed by atoms with Gasteiger partial charge in [0.2, 0.25) is 5.91 Å². The van der Waals surface area contributed by atoms with E-state index in [1.54, 1.807) is 36.3 Å². The van der Waals surface area contributed by atoms with Crippen LogP contribution in [-0.4, -0.2) is 61.7 Å². The standard InChI is InChI=1S/C27H28FN7O2/c1-18(36)35-11-2-3-26(35)27-29-14-25(31-27)20-6-4-19(5-7-20)23-9-8-21(13-24(23)28)33-15-22(37-17-33)16-34-12-10-30-32-34/h4-10,12-14,22,26H,2-3,11,15-17H2,1H3,(H,29,31). The van der Waals surface area contributed by atoms with E-state index in [0.29, 0.717) is 25.4 Å². The Bertz CT molecular complexity index is 1390. The smallest absolute Gasteiger partial charge is 0.220 e. The number of likely N-dealkylation sites (tertiary alicyclic amines) is 1. The van der Waals surface area contributed by atoms with Crippen LogP contribution in [0.15, 0.2) is 61.1 Å². The predicted octanol–water partition coefficient (Wildman–Crippen LogP) is 4.02. The van der Waals surface area contributed by atoms with Crippen molar-refractivity contribution in [2.45, 2.75) is 38.5 Å². The van der Waals surface area contributed by atoms with Crippen LogP contribution in [0.3, 0.4) is 0 Å². The van der Waals surface area contributed by atoms with E-state index in [1.165, 1.54) is 0 Å². The highest BCUT2D eigenvalue weighted by atomic mass is 19.1. The van der Waals surface area contributed by atoms with Gasteiger partial charge in [-0.25, -0.2) is 14.1 Å². The number of amides is 1. The number of hydrogen-bond acceptors (Lipinski definition) is 6. The third-order valence-electron chi connectivity index (χ3n) is 7.15. The number of ether oxygens (including phenoxy) is 1. The van der Waals surface area contributed by atoms with Crippen LogP contribution >= 0.6 is 0 Å². The fourth-order valence-electron chi connectivity index (χ4n) is 5.22. The number of H-pyrrole nitrogens is 1. The lowest BCUT2D eigenvalue weighted by molar-refractivity contribution is -0.129. The SMILES string of the molecule is CC(=O)N1CCCC1c1ncc(-c2ccc(-c3ccc(N4COC(Cn5ccnn5)C4)cc3F)cc2)[nH]1. The maximum absolute atomic E-state index is 15.2. The molecular formula is C27H28FN7O2. The Kier molecular flexibility index (Phi) is 6.17. The van der Waals surface area contributed by atoms with E-state index in [1.807, 2.05) is 46.2 Å². The van der Waals surface area contributed by atoms with Gasteiger partial charge in [0.25, 0.3) is 0 Å². The number of halogens is 1. The molecule has 1 N–H and O–H groups in total. The number of aromatic amines is 1. The van der Waals surface area contributed by atoms with Gasteiger partial charge < -0.3 is 19.5 Å². The Balaban J connectivity index is 1.14. The highest BCUT2D eigenvalue weighted by Gasteiger charge is 2.30. The van der Waals surface area contributed by atoms with Crippen LogP contribution in [0.1, 0.15) is 31.6 Å². The van der Waals surface area contributed by atoms with Crippen molar-refractivity contribution in [3.63, 3.8) is 0 Å². The summed E-state index contributed by atoms with van der Waals surface area (Å²) >= 11 is 0. The van der Waals surface area contributed by atoms with E-state index in [4.69, 9.17) is 4.74 Å². The zero-order valence-electron chi connectivity index (χ0n) is 20.5. The predicted molar refractivity (Wildman–Crippen MR) is 136 cm³/mol. The summed E-state index contributed by atoms with van der Waals surface area (Å²) in [4.78, 5) is 23.7. The van der Waals surface area contributed by atoms with Crippen molar-refractivity contribution in [2.75, 3.05) is 24.7 Å². The zero-order valence-corrected chi connectivity index (χ0v) is 20.5. The second kappa shape index (κ2) is 9.78. The summed E-state index contributed by atoms with van der Waals surface area (Å²) in [6, 6.07) is 13.1. The van der Waals surface area contributed by atoms with E-state index in [2.05, 4.69) is 20.3 Å². The van der Waals surface area contributed by atoms with E-state index in [0.717, 1.165) is 47.7 Å². The Labute approximate surface area is 213 Å². The normalized spacial score (nSPS) is 19.6. The van der Waals surface area contributed by atoms with Crippen LogP contribution < -0.4 is 4.90 Å². The first-order valence-corrected chi connectivity index (χ1v) is 12.5. The number of carbonyl (C=O) groups excluding carboxylic acids is 1. The van der Waals surface area contributed by atoms with Crippen LogP contribution in [0, 0.1) is 5.82 Å². The fraction of sp³-hybridized carbons (Fsp3) is 0.333. The molecule has 190 valence electrons. The van der Waals surface area contributed by atoms with Crippen molar-refractivity contribution in [1.82, 2.24) is 29.9 Å². The molecule has 37 heavy (non-hydrogen) atoms. The summed E-state index contributed by atoms with van der Waals surface area (Å²) in [7, 11) is 0. The number of nitrogens with one attached hydrogen (secondary N) is 1. The molecule has 4 heterocycles. The van der Waals surface area contributed by atoms with Gasteiger partial charge in [0.05, 0.1) is 36.8 Å². The summed E-state index contributed by atoms with van der Waals surface area (Å²) in [5.74, 6) is 0.601. The number of imidazole rings is 1. The first-order valence-electron chi connectivity index (χ1n) is 12.5. The lowest BCUT2D eigenvalue weighted by Gasteiger charge is -2.21. The van der Waals surface area contributed by atoms with Gasteiger partial charge in [0.15, 0.2) is 0 Å². The molecule has 2 atom stereocenters. The molecular weight excluding hydrogens is 473 g/mol. The lowest BCUT2D eigenvalue weighted by Crippen LogP contribution is -2.28. The molecule has 4 aromatic rings. The fourth-order valence-corrected chi connectivity index (χ4v) is 5.22. The summed E-state index contributed by atoms with van der Waals surface area (Å²) in [5.41, 5.74) is 3.97. The van der Waals surface area contributed by atoms with Crippen molar-refractivity contribution >= 4 is 11.6 Å². The number of benzene rings is 2. The summed E-state index contributed by atoms with van der Waals surface area (Å²) < 4.78 is 22.7. The molecule has 9 nitrogen and oxygen atoms in total. The molecule has 0 bridgehead atoms. The molecule has 10 heteroatoms. The van der Waals surface area contributed by atoms with Gasteiger partial charge in [0.1, 0.15) is 18.4 Å². The van der Waals surface area contributed by atoms with E-state index >= 15 is 4.39 Å². The third kappa shape index (κ3) is 4.72. The topological polar surface area (TPSA) is 92.2 Å². The summed E-state index contributed by atoms with van der Waals surface area (Å²) in [6.45, 7) is 4.04. The molecule has 2 saturated heterocycles. The van der Waals surface area contributed by atoms with Crippen LogP contribution in [0.2, 0.25) is 0 Å². The highest BCUT2D eigenvalue weighted by Crippen LogP contribution is 2.33. The molecule has 0 saturated carbocycles. The largest absolute Gasteiger partial charge is 0.354 e. The first kappa shape index (κ1) is 23.4. The van der Waals surface area contributed by atoms with Crippen LogP contribution in [-0.2, 0) is 16.1 Å². The maximum atomic E-state index is 15.2. The quantitative estimate of drug-likeness (QED) is 0.429. The monoisotopic (exact) mass is 501 g/mol. The van der Waals surface area contributed by atoms with Crippen LogP contribution in [0.25, 0.3) is 22.4 Å². The van der Waals surface area contributed by atoms with Gasteiger partial charge in [-0.1, -0.05) is 29.5 Å². The van der Waals surface area contributed by atoms with Crippen molar-refractivity contribution < 1.29 is 13.9 Å². The lowest BCUT2D eigenvalue weighted by atomic mass is 10.0.